The van der Waals surface area contributed by atoms with Gasteiger partial charge < -0.3 is 9.51 Å². The monoisotopic (exact) mass is 200 g/mol. The molecule has 76 valence electrons. The molecule has 3 nitrogen and oxygen atoms in total. The summed E-state index contributed by atoms with van der Waals surface area (Å²) in [6.45, 7) is 2.12. The van der Waals surface area contributed by atoms with Crippen molar-refractivity contribution < 1.29 is 4.52 Å². The topological polar surface area (TPSA) is 41.8 Å². The molecule has 2 heterocycles. The first-order valence-corrected chi connectivity index (χ1v) is 4.75. The Labute approximate surface area is 87.7 Å². The van der Waals surface area contributed by atoms with E-state index in [1.165, 1.54) is 22.7 Å². The van der Waals surface area contributed by atoms with Crippen molar-refractivity contribution in [1.29, 1.82) is 0 Å². The van der Waals surface area contributed by atoms with Gasteiger partial charge in [0.2, 0.25) is 0 Å². The minimum atomic E-state index is 1.22. The number of hydrogen-bond acceptors (Lipinski definition) is 2. The lowest BCUT2D eigenvalue weighted by atomic mass is 10.1. The molecule has 0 saturated carbocycles. The third kappa shape index (κ3) is 2.26. The molecule has 3 heteroatoms. The van der Waals surface area contributed by atoms with E-state index in [9.17, 15) is 0 Å². The van der Waals surface area contributed by atoms with Gasteiger partial charge in [0.05, 0.1) is 6.20 Å². The zero-order valence-electron chi connectivity index (χ0n) is 8.47. The minimum Gasteiger partial charge on any atom is -0.365 e. The summed E-state index contributed by atoms with van der Waals surface area (Å²) in [5, 5.41) is 4.67. The molecule has 0 fully saturated rings. The van der Waals surface area contributed by atoms with Crippen molar-refractivity contribution in [3.63, 3.8) is 0 Å². The van der Waals surface area contributed by atoms with Crippen LogP contribution in [0.15, 0.2) is 53.5 Å². The average molecular weight is 200 g/mol. The van der Waals surface area contributed by atoms with Gasteiger partial charge in [0.1, 0.15) is 6.26 Å². The van der Waals surface area contributed by atoms with Crippen LogP contribution < -0.4 is 0 Å². The predicted octanol–water partition coefficient (Wildman–Crippen LogP) is 3.15. The smallest absolute Gasteiger partial charge is 0.123 e. The fourth-order valence-corrected chi connectivity index (χ4v) is 1.42. The van der Waals surface area contributed by atoms with Crippen LogP contribution in [0.3, 0.4) is 0 Å². The molecule has 15 heavy (non-hydrogen) atoms. The maximum Gasteiger partial charge on any atom is 0.123 e. The van der Waals surface area contributed by atoms with Gasteiger partial charge in [0.25, 0.3) is 0 Å². The molecule has 0 atom stereocenters. The zero-order chi connectivity index (χ0) is 10.5. The van der Waals surface area contributed by atoms with E-state index >= 15 is 0 Å². The Balaban J connectivity index is 0.000000144. The predicted molar refractivity (Wildman–Crippen MR) is 59.5 cm³/mol. The van der Waals surface area contributed by atoms with E-state index in [4.69, 9.17) is 0 Å². The molecule has 0 spiro atoms. The number of nitrogens with zero attached hydrogens (tertiary/aromatic N) is 1. The van der Waals surface area contributed by atoms with Crippen LogP contribution in [0, 0.1) is 6.92 Å². The molecule has 2 aromatic heterocycles. The third-order valence-corrected chi connectivity index (χ3v) is 2.16. The molecule has 0 aliphatic rings. The first-order chi connectivity index (χ1) is 7.38. The highest BCUT2D eigenvalue weighted by molar-refractivity contribution is 5.82. The van der Waals surface area contributed by atoms with Gasteiger partial charge >= 0.3 is 0 Å². The largest absolute Gasteiger partial charge is 0.365 e. The molecule has 0 saturated heterocycles. The summed E-state index contributed by atoms with van der Waals surface area (Å²) >= 11 is 0. The van der Waals surface area contributed by atoms with Gasteiger partial charge in [-0.15, -0.1) is 0 Å². The van der Waals surface area contributed by atoms with Crippen LogP contribution >= 0.6 is 0 Å². The summed E-state index contributed by atoms with van der Waals surface area (Å²) in [5.41, 5.74) is 2.55. The van der Waals surface area contributed by atoms with Crippen molar-refractivity contribution >= 4 is 10.9 Å². The quantitative estimate of drug-likeness (QED) is 0.605. The van der Waals surface area contributed by atoms with E-state index in [1.807, 2.05) is 6.20 Å². The van der Waals surface area contributed by atoms with Gasteiger partial charge in [-0.25, -0.2) is 0 Å². The molecule has 0 radical (unpaired) electrons. The number of hydrogen-bond donors (Lipinski definition) is 1. The fraction of sp³-hybridized carbons (Fsp3) is 0.0833. The molecule has 0 aliphatic carbocycles. The summed E-state index contributed by atoms with van der Waals surface area (Å²) < 4.78 is 4.33. The lowest BCUT2D eigenvalue weighted by molar-refractivity contribution is 0.420. The molecule has 0 unspecified atom stereocenters. The second-order valence-corrected chi connectivity index (χ2v) is 3.20. The number of benzene rings is 1. The van der Waals surface area contributed by atoms with Gasteiger partial charge in [-0.3, -0.25) is 0 Å². The van der Waals surface area contributed by atoms with Crippen molar-refractivity contribution in [2.45, 2.75) is 6.92 Å². The summed E-state index contributed by atoms with van der Waals surface area (Å²) in [4.78, 5) is 3.16. The van der Waals surface area contributed by atoms with Crippen LogP contribution in [-0.2, 0) is 0 Å². The summed E-state index contributed by atoms with van der Waals surface area (Å²) in [5.74, 6) is 0. The number of rotatable bonds is 0. The zero-order valence-corrected chi connectivity index (χ0v) is 8.47. The Morgan fingerprint density at radius 3 is 2.73 bits per heavy atom. The highest BCUT2D eigenvalue weighted by Gasteiger charge is 1.93. The molecule has 0 aliphatic heterocycles. The highest BCUT2D eigenvalue weighted by atomic mass is 16.5. The van der Waals surface area contributed by atoms with Crippen LogP contribution in [0.4, 0.5) is 0 Å². The van der Waals surface area contributed by atoms with E-state index in [1.54, 1.807) is 12.3 Å². The Morgan fingerprint density at radius 1 is 1.20 bits per heavy atom. The second kappa shape index (κ2) is 4.46. The van der Waals surface area contributed by atoms with Gasteiger partial charge in [-0.1, -0.05) is 17.3 Å². The summed E-state index contributed by atoms with van der Waals surface area (Å²) in [6.07, 6.45) is 5.07. The lowest BCUT2D eigenvalue weighted by Crippen LogP contribution is -1.71. The SMILES string of the molecule is Cc1cccc2[nH]ccc12.c1cnoc1. The number of aryl methyl sites for hydroxylation is 1. The van der Waals surface area contributed by atoms with Crippen LogP contribution in [-0.4, -0.2) is 10.1 Å². The van der Waals surface area contributed by atoms with Crippen molar-refractivity contribution in [1.82, 2.24) is 10.1 Å². The molecule has 3 aromatic rings. The number of aromatic nitrogens is 2. The maximum atomic E-state index is 4.33. The Bertz CT molecular complexity index is 494. The van der Waals surface area contributed by atoms with Crippen LogP contribution in [0.5, 0.6) is 0 Å². The Morgan fingerprint density at radius 2 is 2.13 bits per heavy atom. The van der Waals surface area contributed by atoms with Gasteiger partial charge in [0, 0.05) is 17.1 Å². The maximum absolute atomic E-state index is 4.33. The molecular formula is C12H12N2O. The number of aromatic amines is 1. The van der Waals surface area contributed by atoms with E-state index in [0.29, 0.717) is 0 Å². The summed E-state index contributed by atoms with van der Waals surface area (Å²) in [7, 11) is 0. The average Bonchev–Trinajstić information content (AvgIpc) is 2.93. The lowest BCUT2D eigenvalue weighted by Gasteiger charge is -1.92. The van der Waals surface area contributed by atoms with Crippen LogP contribution in [0.1, 0.15) is 5.56 Å². The number of fused-ring (bicyclic) bond motifs is 1. The third-order valence-electron chi connectivity index (χ3n) is 2.16. The fourth-order valence-electron chi connectivity index (χ4n) is 1.42. The first kappa shape index (κ1) is 9.52. The molecular weight excluding hydrogens is 188 g/mol. The van der Waals surface area contributed by atoms with Crippen LogP contribution in [0.2, 0.25) is 0 Å². The molecule has 1 N–H and O–H groups in total. The molecule has 1 aromatic carbocycles. The van der Waals surface area contributed by atoms with Gasteiger partial charge in [-0.05, 0) is 30.7 Å². The second-order valence-electron chi connectivity index (χ2n) is 3.20. The van der Waals surface area contributed by atoms with Crippen molar-refractivity contribution in [2.75, 3.05) is 0 Å². The standard InChI is InChI=1S/C9H9N.C3H3NO/c1-7-3-2-4-9-8(7)5-6-10-9;1-2-4-5-3-1/h2-6,10H,1H3;1-3H. The van der Waals surface area contributed by atoms with Crippen molar-refractivity contribution in [3.8, 4) is 0 Å². The Hall–Kier alpha value is -2.03. The number of H-pyrrole nitrogens is 1. The normalized spacial score (nSPS) is 9.67. The Kier molecular flexibility index (Phi) is 2.83. The van der Waals surface area contributed by atoms with Gasteiger partial charge in [0.15, 0.2) is 0 Å². The van der Waals surface area contributed by atoms with Gasteiger partial charge in [-0.2, -0.15) is 0 Å². The minimum absolute atomic E-state index is 1.22. The van der Waals surface area contributed by atoms with E-state index in [-0.39, 0.29) is 0 Å². The molecule has 0 amide bonds. The van der Waals surface area contributed by atoms with E-state index in [0.717, 1.165) is 0 Å². The number of nitrogens with one attached hydrogen (secondary N) is 1. The van der Waals surface area contributed by atoms with Crippen LogP contribution in [0.25, 0.3) is 10.9 Å². The molecule has 3 rings (SSSR count). The van der Waals surface area contributed by atoms with Crippen molar-refractivity contribution in [2.24, 2.45) is 0 Å². The van der Waals surface area contributed by atoms with E-state index in [2.05, 4.69) is 45.9 Å². The summed E-state index contributed by atoms with van der Waals surface area (Å²) in [6, 6.07) is 10.1. The molecule has 0 bridgehead atoms. The van der Waals surface area contributed by atoms with E-state index < -0.39 is 0 Å². The van der Waals surface area contributed by atoms with Crippen molar-refractivity contribution in [3.05, 3.63) is 54.6 Å². The first-order valence-electron chi connectivity index (χ1n) is 4.75. The highest BCUT2D eigenvalue weighted by Crippen LogP contribution is 2.15.